The third kappa shape index (κ3) is 7.28. The van der Waals surface area contributed by atoms with Crippen LogP contribution in [0.2, 0.25) is 0 Å². The topological polar surface area (TPSA) is 117 Å². The second-order valence-electron chi connectivity index (χ2n) is 5.16. The lowest BCUT2D eigenvalue weighted by Gasteiger charge is -2.21. The van der Waals surface area contributed by atoms with Crippen LogP contribution in [0.1, 0.15) is 19.4 Å². The van der Waals surface area contributed by atoms with E-state index in [0.29, 0.717) is 0 Å². The minimum Gasteiger partial charge on any atom is -0.480 e. The molecular weight excluding hydrogens is 302 g/mol. The molecule has 1 aromatic rings. The van der Waals surface area contributed by atoms with Crippen molar-refractivity contribution in [3.63, 3.8) is 0 Å². The summed E-state index contributed by atoms with van der Waals surface area (Å²) in [5.74, 6) is -1.86. The number of carbonyl (C=O) groups is 3. The van der Waals surface area contributed by atoms with Crippen LogP contribution >= 0.6 is 0 Å². The van der Waals surface area contributed by atoms with Crippen LogP contribution in [0.25, 0.3) is 0 Å². The smallest absolute Gasteiger partial charge is 0.408 e. The molecule has 0 spiro atoms. The summed E-state index contributed by atoms with van der Waals surface area (Å²) in [5.41, 5.74) is 5.32. The summed E-state index contributed by atoms with van der Waals surface area (Å²) in [5, 5.41) is 11.0. The molecule has 0 aliphatic rings. The second-order valence-corrected chi connectivity index (χ2v) is 5.16. The zero-order chi connectivity index (χ0) is 17.2. The largest absolute Gasteiger partial charge is 0.480 e. The van der Waals surface area contributed by atoms with Gasteiger partial charge in [0.25, 0.3) is 5.91 Å². The number of ether oxygens (including phenoxy) is 1. The van der Waals surface area contributed by atoms with Crippen molar-refractivity contribution in [2.24, 2.45) is 5.92 Å². The number of benzene rings is 1. The lowest BCUT2D eigenvalue weighted by molar-refractivity contribution is -0.136. The minimum atomic E-state index is -1.11. The van der Waals surface area contributed by atoms with Crippen LogP contribution in [0.4, 0.5) is 4.79 Å². The molecule has 8 heteroatoms. The quantitative estimate of drug-likeness (QED) is 0.522. The number of nitrogens with one attached hydrogen (secondary N) is 3. The van der Waals surface area contributed by atoms with Crippen molar-refractivity contribution < 1.29 is 24.2 Å². The standard InChI is InChI=1S/C15H21N3O5/c1-10(2)13(14(21)18-16-8-12(19)20)17-15(22)23-9-11-6-4-3-5-7-11/h3-7,10,13,16H,8-9H2,1-2H3,(H,17,22)(H,18,21)(H,19,20)/t13-/m0/s1. The Morgan fingerprint density at radius 1 is 1.17 bits per heavy atom. The number of rotatable bonds is 8. The molecule has 0 fully saturated rings. The predicted molar refractivity (Wildman–Crippen MR) is 82.2 cm³/mol. The van der Waals surface area contributed by atoms with Gasteiger partial charge in [-0.1, -0.05) is 44.2 Å². The average molecular weight is 323 g/mol. The van der Waals surface area contributed by atoms with Crippen LogP contribution in [0.5, 0.6) is 0 Å². The van der Waals surface area contributed by atoms with Gasteiger partial charge in [0.05, 0.1) is 0 Å². The number of hydrogen-bond acceptors (Lipinski definition) is 5. The van der Waals surface area contributed by atoms with Crippen LogP contribution in [0.3, 0.4) is 0 Å². The van der Waals surface area contributed by atoms with Crippen LogP contribution in [0.15, 0.2) is 30.3 Å². The lowest BCUT2D eigenvalue weighted by Crippen LogP contribution is -2.53. The number of hydrogen-bond donors (Lipinski definition) is 4. The maximum absolute atomic E-state index is 11.9. The highest BCUT2D eigenvalue weighted by molar-refractivity contribution is 5.85. The second kappa shape index (κ2) is 9.42. The zero-order valence-electron chi connectivity index (χ0n) is 13.0. The normalized spacial score (nSPS) is 11.6. The zero-order valence-corrected chi connectivity index (χ0v) is 13.0. The van der Waals surface area contributed by atoms with Crippen LogP contribution in [-0.2, 0) is 20.9 Å². The van der Waals surface area contributed by atoms with Gasteiger partial charge in [0.2, 0.25) is 0 Å². The Bertz CT molecular complexity index is 533. The summed E-state index contributed by atoms with van der Waals surface area (Å²) >= 11 is 0. The Labute approximate surface area is 134 Å². The highest BCUT2D eigenvalue weighted by Gasteiger charge is 2.24. The fourth-order valence-electron chi connectivity index (χ4n) is 1.71. The fourth-order valence-corrected chi connectivity index (χ4v) is 1.71. The van der Waals surface area contributed by atoms with Gasteiger partial charge in [-0.15, -0.1) is 0 Å². The first-order chi connectivity index (χ1) is 10.9. The van der Waals surface area contributed by atoms with E-state index in [1.165, 1.54) is 0 Å². The summed E-state index contributed by atoms with van der Waals surface area (Å²) in [4.78, 5) is 34.1. The van der Waals surface area contributed by atoms with Gasteiger partial charge in [0, 0.05) is 0 Å². The van der Waals surface area contributed by atoms with Gasteiger partial charge in [0.15, 0.2) is 0 Å². The lowest BCUT2D eigenvalue weighted by atomic mass is 10.0. The molecule has 1 atom stereocenters. The van der Waals surface area contributed by atoms with Crippen molar-refractivity contribution in [2.45, 2.75) is 26.5 Å². The monoisotopic (exact) mass is 323 g/mol. The molecule has 126 valence electrons. The Hall–Kier alpha value is -2.61. The van der Waals surface area contributed by atoms with E-state index in [1.54, 1.807) is 13.8 Å². The number of alkyl carbamates (subject to hydrolysis) is 1. The SMILES string of the molecule is CC(C)[C@H](NC(=O)OCc1ccccc1)C(=O)NNCC(=O)O. The van der Waals surface area contributed by atoms with Crippen molar-refractivity contribution >= 4 is 18.0 Å². The third-order valence-electron chi connectivity index (χ3n) is 2.89. The Morgan fingerprint density at radius 2 is 1.83 bits per heavy atom. The summed E-state index contributed by atoms with van der Waals surface area (Å²) in [6.45, 7) is 3.17. The first-order valence-electron chi connectivity index (χ1n) is 7.12. The van der Waals surface area contributed by atoms with Gasteiger partial charge in [-0.2, -0.15) is 0 Å². The van der Waals surface area contributed by atoms with E-state index in [-0.39, 0.29) is 12.5 Å². The summed E-state index contributed by atoms with van der Waals surface area (Å²) in [6, 6.07) is 8.29. The van der Waals surface area contributed by atoms with Crippen LogP contribution < -0.4 is 16.2 Å². The number of hydrazine groups is 1. The number of aliphatic carboxylic acids is 1. The number of carbonyl (C=O) groups excluding carboxylic acids is 2. The van der Waals surface area contributed by atoms with E-state index >= 15 is 0 Å². The van der Waals surface area contributed by atoms with Gasteiger partial charge in [-0.25, -0.2) is 10.2 Å². The van der Waals surface area contributed by atoms with Crippen molar-refractivity contribution in [2.75, 3.05) is 6.54 Å². The Morgan fingerprint density at radius 3 is 2.39 bits per heavy atom. The number of amides is 2. The molecule has 0 saturated carbocycles. The van der Waals surface area contributed by atoms with Crippen LogP contribution in [0, 0.1) is 5.92 Å². The number of carboxylic acid groups (broad SMARTS) is 1. The summed E-state index contributed by atoms with van der Waals surface area (Å²) in [7, 11) is 0. The molecule has 23 heavy (non-hydrogen) atoms. The molecule has 0 heterocycles. The first kappa shape index (κ1) is 18.4. The molecule has 1 rings (SSSR count). The predicted octanol–water partition coefficient (Wildman–Crippen LogP) is 0.643. The fraction of sp³-hybridized carbons (Fsp3) is 0.400. The molecule has 2 amide bonds. The molecule has 8 nitrogen and oxygen atoms in total. The van der Waals surface area contributed by atoms with Gasteiger partial charge >= 0.3 is 12.1 Å². The first-order valence-corrected chi connectivity index (χ1v) is 7.12. The molecule has 0 radical (unpaired) electrons. The van der Waals surface area contributed by atoms with E-state index in [4.69, 9.17) is 9.84 Å². The Kier molecular flexibility index (Phi) is 7.55. The van der Waals surface area contributed by atoms with E-state index in [9.17, 15) is 14.4 Å². The highest BCUT2D eigenvalue weighted by atomic mass is 16.5. The highest BCUT2D eigenvalue weighted by Crippen LogP contribution is 2.04. The molecule has 0 bridgehead atoms. The van der Waals surface area contributed by atoms with Gasteiger partial charge in [0.1, 0.15) is 19.2 Å². The Balaban J connectivity index is 2.46. The van der Waals surface area contributed by atoms with E-state index in [2.05, 4.69) is 16.2 Å². The molecule has 0 aliphatic heterocycles. The molecule has 1 aromatic carbocycles. The molecule has 0 aromatic heterocycles. The van der Waals surface area contributed by atoms with Crippen molar-refractivity contribution in [3.8, 4) is 0 Å². The van der Waals surface area contributed by atoms with Crippen molar-refractivity contribution in [1.82, 2.24) is 16.2 Å². The molecule has 0 unspecified atom stereocenters. The molecule has 0 saturated heterocycles. The van der Waals surface area contributed by atoms with E-state index < -0.39 is 30.6 Å². The number of carboxylic acids is 1. The van der Waals surface area contributed by atoms with Crippen molar-refractivity contribution in [3.05, 3.63) is 35.9 Å². The molecule has 4 N–H and O–H groups in total. The molecular formula is C15H21N3O5. The van der Waals surface area contributed by atoms with Gasteiger partial charge in [-0.3, -0.25) is 15.0 Å². The third-order valence-corrected chi connectivity index (χ3v) is 2.89. The van der Waals surface area contributed by atoms with Crippen LogP contribution in [-0.4, -0.2) is 35.7 Å². The van der Waals surface area contributed by atoms with Gasteiger partial charge in [-0.05, 0) is 11.5 Å². The average Bonchev–Trinajstić information content (AvgIpc) is 2.50. The van der Waals surface area contributed by atoms with E-state index in [0.717, 1.165) is 5.56 Å². The minimum absolute atomic E-state index is 0.0936. The summed E-state index contributed by atoms with van der Waals surface area (Å²) < 4.78 is 5.06. The molecule has 0 aliphatic carbocycles. The maximum Gasteiger partial charge on any atom is 0.408 e. The maximum atomic E-state index is 11.9. The van der Waals surface area contributed by atoms with E-state index in [1.807, 2.05) is 30.3 Å². The van der Waals surface area contributed by atoms with Gasteiger partial charge < -0.3 is 15.2 Å². The summed E-state index contributed by atoms with van der Waals surface area (Å²) in [6.07, 6.45) is -0.721. The van der Waals surface area contributed by atoms with Crippen molar-refractivity contribution in [1.29, 1.82) is 0 Å².